The fourth-order valence-corrected chi connectivity index (χ4v) is 2.31. The van der Waals surface area contributed by atoms with Gasteiger partial charge in [0.25, 0.3) is 5.91 Å². The number of hydrogen-bond acceptors (Lipinski definition) is 3. The SMILES string of the molecule is COc1ccc(C(=O)Nc2cccc(Cl)c2Br)c(OC)c1. The number of carbonyl (C=O) groups is 1. The summed E-state index contributed by atoms with van der Waals surface area (Å²) in [6, 6.07) is 10.2. The lowest BCUT2D eigenvalue weighted by Crippen LogP contribution is -2.13. The number of amides is 1. The van der Waals surface area contributed by atoms with E-state index in [1.807, 2.05) is 0 Å². The molecule has 0 saturated heterocycles. The van der Waals surface area contributed by atoms with E-state index in [-0.39, 0.29) is 5.91 Å². The molecule has 1 amide bonds. The van der Waals surface area contributed by atoms with Crippen LogP contribution < -0.4 is 14.8 Å². The molecule has 0 radical (unpaired) electrons. The van der Waals surface area contributed by atoms with Gasteiger partial charge in [0.2, 0.25) is 0 Å². The number of rotatable bonds is 4. The molecular formula is C15H13BrClNO3. The molecule has 2 rings (SSSR count). The van der Waals surface area contributed by atoms with Gasteiger partial charge < -0.3 is 14.8 Å². The first kappa shape index (κ1) is 15.7. The second-order valence-electron chi connectivity index (χ2n) is 4.12. The maximum atomic E-state index is 12.4. The Morgan fingerprint density at radius 1 is 1.19 bits per heavy atom. The highest BCUT2D eigenvalue weighted by Gasteiger charge is 2.15. The topological polar surface area (TPSA) is 47.6 Å². The Balaban J connectivity index is 2.30. The second kappa shape index (κ2) is 6.83. The van der Waals surface area contributed by atoms with Crippen LogP contribution in [0.15, 0.2) is 40.9 Å². The van der Waals surface area contributed by atoms with Gasteiger partial charge in [-0.1, -0.05) is 17.7 Å². The Labute approximate surface area is 136 Å². The molecule has 0 unspecified atom stereocenters. The minimum Gasteiger partial charge on any atom is -0.497 e. The van der Waals surface area contributed by atoms with Gasteiger partial charge in [-0.25, -0.2) is 0 Å². The molecule has 6 heteroatoms. The Hall–Kier alpha value is -1.72. The largest absolute Gasteiger partial charge is 0.497 e. The zero-order valence-corrected chi connectivity index (χ0v) is 13.8. The first-order valence-corrected chi connectivity index (χ1v) is 7.21. The highest BCUT2D eigenvalue weighted by Crippen LogP contribution is 2.31. The smallest absolute Gasteiger partial charge is 0.259 e. The summed E-state index contributed by atoms with van der Waals surface area (Å²) >= 11 is 9.34. The summed E-state index contributed by atoms with van der Waals surface area (Å²) in [6.45, 7) is 0. The summed E-state index contributed by atoms with van der Waals surface area (Å²) in [5.74, 6) is 0.759. The molecule has 0 spiro atoms. The van der Waals surface area contributed by atoms with Crippen molar-refractivity contribution in [1.29, 1.82) is 0 Å². The minimum absolute atomic E-state index is 0.294. The molecule has 0 fully saturated rings. The maximum Gasteiger partial charge on any atom is 0.259 e. The number of halogens is 2. The summed E-state index contributed by atoms with van der Waals surface area (Å²) in [6.07, 6.45) is 0. The third kappa shape index (κ3) is 3.49. The van der Waals surface area contributed by atoms with E-state index in [1.54, 1.807) is 43.5 Å². The fraction of sp³-hybridized carbons (Fsp3) is 0.133. The fourth-order valence-electron chi connectivity index (χ4n) is 1.78. The van der Waals surface area contributed by atoms with E-state index in [0.29, 0.717) is 32.2 Å². The van der Waals surface area contributed by atoms with Crippen LogP contribution in [0.4, 0.5) is 5.69 Å². The quantitative estimate of drug-likeness (QED) is 0.869. The Kier molecular flexibility index (Phi) is 5.09. The summed E-state index contributed by atoms with van der Waals surface area (Å²) < 4.78 is 11.0. The molecular weight excluding hydrogens is 358 g/mol. The molecule has 0 atom stereocenters. The molecule has 0 heterocycles. The normalized spacial score (nSPS) is 10.1. The monoisotopic (exact) mass is 369 g/mol. The number of anilines is 1. The minimum atomic E-state index is -0.294. The Bertz CT molecular complexity index is 676. The van der Waals surface area contributed by atoms with E-state index >= 15 is 0 Å². The van der Waals surface area contributed by atoms with Gasteiger partial charge >= 0.3 is 0 Å². The van der Waals surface area contributed by atoms with E-state index in [1.165, 1.54) is 7.11 Å². The number of methoxy groups -OCH3 is 2. The van der Waals surface area contributed by atoms with Gasteiger partial charge in [-0.15, -0.1) is 0 Å². The molecule has 0 bridgehead atoms. The van der Waals surface area contributed by atoms with Crippen molar-refractivity contribution in [2.24, 2.45) is 0 Å². The molecule has 0 saturated carbocycles. The number of ether oxygens (including phenoxy) is 2. The molecule has 0 aromatic heterocycles. The van der Waals surface area contributed by atoms with Gasteiger partial charge in [-0.2, -0.15) is 0 Å². The number of nitrogens with one attached hydrogen (secondary N) is 1. The summed E-state index contributed by atoms with van der Waals surface area (Å²) in [7, 11) is 3.05. The van der Waals surface area contributed by atoms with Crippen molar-refractivity contribution in [2.45, 2.75) is 0 Å². The first-order chi connectivity index (χ1) is 10.1. The van der Waals surface area contributed by atoms with Gasteiger partial charge in [0.15, 0.2) is 0 Å². The maximum absolute atomic E-state index is 12.4. The average molecular weight is 371 g/mol. The molecule has 2 aromatic rings. The molecule has 2 aromatic carbocycles. The predicted molar refractivity (Wildman–Crippen MR) is 86.7 cm³/mol. The van der Waals surface area contributed by atoms with Crippen LogP contribution in [-0.2, 0) is 0 Å². The van der Waals surface area contributed by atoms with Gasteiger partial charge in [0.05, 0.1) is 35.0 Å². The highest BCUT2D eigenvalue weighted by molar-refractivity contribution is 9.10. The summed E-state index contributed by atoms with van der Waals surface area (Å²) in [4.78, 5) is 12.4. The molecule has 0 aliphatic heterocycles. The van der Waals surface area contributed by atoms with Gasteiger partial charge in [-0.05, 0) is 40.2 Å². The van der Waals surface area contributed by atoms with Crippen LogP contribution >= 0.6 is 27.5 Å². The molecule has 110 valence electrons. The van der Waals surface area contributed by atoms with Gasteiger partial charge in [0, 0.05) is 6.07 Å². The third-order valence-electron chi connectivity index (χ3n) is 2.85. The lowest BCUT2D eigenvalue weighted by Gasteiger charge is -2.12. The second-order valence-corrected chi connectivity index (χ2v) is 5.32. The van der Waals surface area contributed by atoms with Crippen molar-refractivity contribution in [1.82, 2.24) is 0 Å². The van der Waals surface area contributed by atoms with Crippen LogP contribution in [0.3, 0.4) is 0 Å². The van der Waals surface area contributed by atoms with E-state index in [4.69, 9.17) is 21.1 Å². The zero-order chi connectivity index (χ0) is 15.4. The van der Waals surface area contributed by atoms with Crippen LogP contribution in [0.1, 0.15) is 10.4 Å². The van der Waals surface area contributed by atoms with E-state index in [9.17, 15) is 4.79 Å². The van der Waals surface area contributed by atoms with E-state index in [2.05, 4.69) is 21.2 Å². The standard InChI is InChI=1S/C15H13BrClNO3/c1-20-9-6-7-10(13(8-9)21-2)15(19)18-12-5-3-4-11(17)14(12)16/h3-8H,1-2H3,(H,18,19). The van der Waals surface area contributed by atoms with Crippen LogP contribution in [0.5, 0.6) is 11.5 Å². The number of hydrogen-bond donors (Lipinski definition) is 1. The first-order valence-electron chi connectivity index (χ1n) is 6.04. The van der Waals surface area contributed by atoms with Crippen molar-refractivity contribution in [3.05, 3.63) is 51.5 Å². The lowest BCUT2D eigenvalue weighted by molar-refractivity contribution is 0.102. The lowest BCUT2D eigenvalue weighted by atomic mass is 10.1. The van der Waals surface area contributed by atoms with Crippen LogP contribution in [0.25, 0.3) is 0 Å². The van der Waals surface area contributed by atoms with Crippen LogP contribution in [0.2, 0.25) is 5.02 Å². The van der Waals surface area contributed by atoms with Crippen LogP contribution in [-0.4, -0.2) is 20.1 Å². The summed E-state index contributed by atoms with van der Waals surface area (Å²) in [5.41, 5.74) is 0.996. The average Bonchev–Trinajstić information content (AvgIpc) is 2.51. The van der Waals surface area contributed by atoms with Crippen molar-refractivity contribution in [2.75, 3.05) is 19.5 Å². The molecule has 21 heavy (non-hydrogen) atoms. The van der Waals surface area contributed by atoms with Crippen molar-refractivity contribution in [3.8, 4) is 11.5 Å². The predicted octanol–water partition coefficient (Wildman–Crippen LogP) is 4.37. The van der Waals surface area contributed by atoms with Crippen molar-refractivity contribution >= 4 is 39.1 Å². The zero-order valence-electron chi connectivity index (χ0n) is 11.4. The third-order valence-corrected chi connectivity index (χ3v) is 4.25. The van der Waals surface area contributed by atoms with Crippen molar-refractivity contribution in [3.63, 3.8) is 0 Å². The Morgan fingerprint density at radius 2 is 1.95 bits per heavy atom. The molecule has 0 aliphatic carbocycles. The molecule has 0 aliphatic rings. The summed E-state index contributed by atoms with van der Waals surface area (Å²) in [5, 5.41) is 3.31. The molecule has 4 nitrogen and oxygen atoms in total. The van der Waals surface area contributed by atoms with Crippen molar-refractivity contribution < 1.29 is 14.3 Å². The molecule has 1 N–H and O–H groups in total. The van der Waals surface area contributed by atoms with Gasteiger partial charge in [0.1, 0.15) is 11.5 Å². The van der Waals surface area contributed by atoms with Gasteiger partial charge in [-0.3, -0.25) is 4.79 Å². The number of benzene rings is 2. The van der Waals surface area contributed by atoms with E-state index < -0.39 is 0 Å². The van der Waals surface area contributed by atoms with E-state index in [0.717, 1.165) is 0 Å². The Morgan fingerprint density at radius 3 is 2.62 bits per heavy atom. The number of carbonyl (C=O) groups excluding carboxylic acids is 1. The van der Waals surface area contributed by atoms with Crippen LogP contribution in [0, 0.1) is 0 Å². The highest BCUT2D eigenvalue weighted by atomic mass is 79.9.